The van der Waals surface area contributed by atoms with Crippen LogP contribution in [-0.2, 0) is 30.4 Å². The highest BCUT2D eigenvalue weighted by atomic mass is 32.2. The molecule has 5 aliphatic heterocycles. The van der Waals surface area contributed by atoms with Gasteiger partial charge in [-0.3, -0.25) is 57.1 Å². The van der Waals surface area contributed by atoms with Crippen LogP contribution in [0.4, 0.5) is 0 Å². The van der Waals surface area contributed by atoms with Gasteiger partial charge in [0.25, 0.3) is 65.8 Å². The van der Waals surface area contributed by atoms with Crippen molar-refractivity contribution in [2.75, 3.05) is 17.6 Å². The van der Waals surface area contributed by atoms with Crippen molar-refractivity contribution in [2.45, 2.75) is 0 Å². The molecule has 8 heterocycles. The molecule has 5 aliphatic rings. The number of H-pyrrole nitrogens is 2. The molecule has 0 unspecified atom stereocenters. The molecule has 31 heteroatoms. The second kappa shape index (κ2) is 24.6. The fourth-order valence-corrected chi connectivity index (χ4v) is 11.8. The maximum Gasteiger partial charge on any atom is 0.283 e. The highest BCUT2D eigenvalue weighted by Crippen LogP contribution is 2.37. The van der Waals surface area contributed by atoms with Gasteiger partial charge in [-0.15, -0.1) is 0 Å². The number of fused-ring (bicyclic) bond motifs is 23. The second-order valence-corrected chi connectivity index (χ2v) is 23.9. The Labute approximate surface area is 529 Å². The zero-order chi connectivity index (χ0) is 62.0. The van der Waals surface area contributed by atoms with Crippen molar-refractivity contribution < 1.29 is 67.7 Å². The molecule has 0 spiro atoms. The number of carbonyl (C=O) groups is 6. The van der Waals surface area contributed by atoms with E-state index in [0.29, 0.717) is 60.6 Å². The van der Waals surface area contributed by atoms with E-state index in [4.69, 9.17) is 43.6 Å². The predicted molar refractivity (Wildman–Crippen MR) is 336 cm³/mol. The Morgan fingerprint density at radius 2 is 0.444 bits per heavy atom. The van der Waals surface area contributed by atoms with Gasteiger partial charge in [0.1, 0.15) is 22.6 Å². The molecule has 5 N–H and O–H groups in total. The van der Waals surface area contributed by atoms with Gasteiger partial charge in [-0.05, 0) is 36.4 Å². The van der Waals surface area contributed by atoms with E-state index in [1.165, 1.54) is 36.4 Å². The summed E-state index contributed by atoms with van der Waals surface area (Å²) in [5.41, 5.74) is 7.34. The van der Waals surface area contributed by atoms with Crippen LogP contribution in [0.5, 0.6) is 0 Å². The third kappa shape index (κ3) is 12.3. The fraction of sp³-hybridized carbons (Fsp3) is 0.0508. The molecule has 0 atom stereocenters. The highest BCUT2D eigenvalue weighted by molar-refractivity contribution is 7.86. The standard InChI is InChI=1S/C32H18N8.3C9H7NO5S.2Al.6H/c1-2-10-18-17(9-1)25-33-26(18)38-28-21-13-5-6-14-22(21)30(35-28)40-32-24-16-8-7-15-23(24)31(36-32)39-29-20-12-4-3-11-19(20)27(34-29)37-25;3*11-8-6-3-1-2-4-7(6)9(12)10(8)5-16(13,14)15;;;;;;;;/h1-16H,(H2,33,34,35,36,37,38,39,40);3*1-4H,5H2,(H,13,14,15);;;;;;;;. The van der Waals surface area contributed by atoms with Crippen molar-refractivity contribution in [3.8, 4) is 45.6 Å². The molecule has 0 saturated carbocycles. The number of aromatic nitrogens is 8. The van der Waals surface area contributed by atoms with Crippen molar-refractivity contribution in [3.63, 3.8) is 0 Å². The fourth-order valence-electron chi connectivity index (χ4n) is 10.1. The molecule has 0 aliphatic carbocycles. The normalized spacial score (nSPS) is 13.6. The minimum Gasteiger partial charge on any atom is -0.324 e. The van der Waals surface area contributed by atoms with Gasteiger partial charge in [-0.1, -0.05) is 133 Å². The van der Waals surface area contributed by atoms with E-state index in [2.05, 4.69) is 9.97 Å². The van der Waals surface area contributed by atoms with Crippen molar-refractivity contribution in [2.24, 2.45) is 0 Å². The van der Waals surface area contributed by atoms with Crippen molar-refractivity contribution in [1.82, 2.24) is 54.6 Å². The van der Waals surface area contributed by atoms with Gasteiger partial charge >= 0.3 is 0 Å². The number of imide groups is 3. The molecule has 10 aromatic rings. The number of aromatic amines is 2. The third-order valence-corrected chi connectivity index (χ3v) is 15.7. The Bertz CT molecular complexity index is 4590. The molecule has 0 saturated heterocycles. The van der Waals surface area contributed by atoms with Gasteiger partial charge < -0.3 is 9.97 Å². The molecular formula is C59H45Al2N11O15S3. The molecular weight excluding hydrogens is 1250 g/mol. The van der Waals surface area contributed by atoms with Gasteiger partial charge in [0.15, 0.2) is 75.7 Å². The maximum atomic E-state index is 11.6. The first-order valence-corrected chi connectivity index (χ1v) is 30.7. The number of nitrogens with zero attached hydrogens (tertiary/aromatic N) is 9. The monoisotopic (exact) mass is 1300 g/mol. The topological polar surface area (TPSA) is 384 Å². The minimum absolute atomic E-state index is 0. The van der Waals surface area contributed by atoms with E-state index >= 15 is 0 Å². The lowest BCUT2D eigenvalue weighted by molar-refractivity contribution is 0.0663. The van der Waals surface area contributed by atoms with E-state index < -0.39 is 83.4 Å². The van der Waals surface area contributed by atoms with Crippen molar-refractivity contribution in [3.05, 3.63) is 203 Å². The van der Waals surface area contributed by atoms with Gasteiger partial charge in [0, 0.05) is 43.8 Å². The highest BCUT2D eigenvalue weighted by Gasteiger charge is 2.40. The lowest BCUT2D eigenvalue weighted by Crippen LogP contribution is -2.34. The van der Waals surface area contributed by atoms with Crippen LogP contribution in [0.25, 0.3) is 89.7 Å². The van der Waals surface area contributed by atoms with Crippen LogP contribution in [0.1, 0.15) is 62.1 Å². The molecule has 90 heavy (non-hydrogen) atoms. The molecule has 15 rings (SSSR count). The zero-order valence-corrected chi connectivity index (χ0v) is 47.2. The van der Waals surface area contributed by atoms with E-state index in [1.807, 2.05) is 97.1 Å². The van der Waals surface area contributed by atoms with Crippen LogP contribution in [0.2, 0.25) is 0 Å². The van der Waals surface area contributed by atoms with Gasteiger partial charge in [0.2, 0.25) is 0 Å². The summed E-state index contributed by atoms with van der Waals surface area (Å²) >= 11 is 0. The number of hydrogen-bond donors (Lipinski definition) is 5. The van der Waals surface area contributed by atoms with Crippen LogP contribution in [0, 0.1) is 0 Å². The van der Waals surface area contributed by atoms with E-state index in [9.17, 15) is 54.0 Å². The third-order valence-electron chi connectivity index (χ3n) is 14.0. The summed E-state index contributed by atoms with van der Waals surface area (Å²) in [5, 5.41) is 3.82. The SMILES string of the molecule is O=C1c2ccccc2C(=O)N1CS(=O)(=O)O.O=C1c2ccccc2C(=O)N1CS(=O)(=O)O.O=C1c2ccccc2C(=O)N1CS(=O)(=O)O.[AlH3].[AlH3].c1ccc2c(c1)-c1nc-2nc2[nH]c(nc3nc(nc4[nH]c(n1)c1ccccc41)-c1ccccc1-3)c1ccccc21. The van der Waals surface area contributed by atoms with Crippen LogP contribution in [0.15, 0.2) is 170 Å². The van der Waals surface area contributed by atoms with Crippen LogP contribution in [0.3, 0.4) is 0 Å². The first-order chi connectivity index (χ1) is 42.0. The summed E-state index contributed by atoms with van der Waals surface area (Å²) in [7, 11) is -13.2. The van der Waals surface area contributed by atoms with Crippen LogP contribution in [-0.4, -0.2) is 181 Å². The van der Waals surface area contributed by atoms with Gasteiger partial charge in [-0.2, -0.15) is 25.3 Å². The summed E-state index contributed by atoms with van der Waals surface area (Å²) in [5.74, 6) is -4.91. The quantitative estimate of drug-likeness (QED) is 0.0840. The van der Waals surface area contributed by atoms with E-state index in [-0.39, 0.29) is 68.1 Å². The minimum atomic E-state index is -4.41. The largest absolute Gasteiger partial charge is 0.324 e. The van der Waals surface area contributed by atoms with Crippen LogP contribution < -0.4 is 0 Å². The average molecular weight is 1300 g/mol. The second-order valence-electron chi connectivity index (χ2n) is 19.7. The Balaban J connectivity index is 0.000000148. The predicted octanol–water partition coefficient (Wildman–Crippen LogP) is 4.89. The lowest BCUT2D eigenvalue weighted by Gasteiger charge is -2.10. The Morgan fingerprint density at radius 1 is 0.278 bits per heavy atom. The number of rotatable bonds is 6. The first-order valence-electron chi connectivity index (χ1n) is 25.9. The van der Waals surface area contributed by atoms with Gasteiger partial charge in [0.05, 0.1) is 33.4 Å². The van der Waals surface area contributed by atoms with Crippen LogP contribution >= 0.6 is 0 Å². The Morgan fingerprint density at radius 3 is 0.622 bits per heavy atom. The number of benzene rings is 7. The summed E-state index contributed by atoms with van der Waals surface area (Å²) in [6, 6.07) is 50.2. The van der Waals surface area contributed by atoms with Gasteiger partial charge in [-0.25, -0.2) is 29.9 Å². The molecule has 0 radical (unpaired) electrons. The average Bonchev–Trinajstić information content (AvgIpc) is 1.64. The molecule has 26 nitrogen and oxygen atoms in total. The summed E-state index contributed by atoms with van der Waals surface area (Å²) in [6.45, 7) is 0. The molecule has 0 fully saturated rings. The molecule has 7 aromatic carbocycles. The Hall–Kier alpha value is -9.89. The summed E-state index contributed by atoms with van der Waals surface area (Å²) in [4.78, 5) is 108. The van der Waals surface area contributed by atoms with E-state index in [1.54, 1.807) is 36.4 Å². The number of amides is 6. The van der Waals surface area contributed by atoms with E-state index in [0.717, 1.165) is 43.8 Å². The Kier molecular flexibility index (Phi) is 17.3. The number of nitrogens with one attached hydrogen (secondary N) is 2. The zero-order valence-electron chi connectivity index (χ0n) is 44.8. The lowest BCUT2D eigenvalue weighted by atomic mass is 10.1. The number of hydrogen-bond acceptors (Lipinski definition) is 18. The molecule has 3 aromatic heterocycles. The smallest absolute Gasteiger partial charge is 0.283 e. The molecule has 450 valence electrons. The summed E-state index contributed by atoms with van der Waals surface area (Å²) in [6.07, 6.45) is 0. The molecule has 6 amide bonds. The maximum absolute atomic E-state index is 11.6. The van der Waals surface area contributed by atoms with Crippen molar-refractivity contribution >= 4 is 145 Å². The number of carbonyl (C=O) groups excluding carboxylic acids is 6. The first kappa shape index (κ1) is 63.1. The molecule has 8 bridgehead atoms. The summed E-state index contributed by atoms with van der Waals surface area (Å²) < 4.78 is 89.7. The van der Waals surface area contributed by atoms with Crippen molar-refractivity contribution in [1.29, 1.82) is 0 Å².